The van der Waals surface area contributed by atoms with Crippen LogP contribution in [0.3, 0.4) is 0 Å². The van der Waals surface area contributed by atoms with E-state index < -0.39 is 12.1 Å². The zero-order valence-electron chi connectivity index (χ0n) is 21.8. The maximum Gasteiger partial charge on any atom is 0.410 e. The maximum absolute atomic E-state index is 12.2. The number of carbonyl (C=O) groups excluding carboxylic acids is 2. The van der Waals surface area contributed by atoms with Crippen LogP contribution in [0.2, 0.25) is 0 Å². The van der Waals surface area contributed by atoms with Gasteiger partial charge in [0.1, 0.15) is 6.04 Å². The molecule has 0 aliphatic carbocycles. The van der Waals surface area contributed by atoms with Crippen LogP contribution in [-0.2, 0) is 14.3 Å². The molecule has 0 heterocycles. The number of ether oxygens (including phenoxy) is 2. The summed E-state index contributed by atoms with van der Waals surface area (Å²) < 4.78 is 10.7. The smallest absolute Gasteiger partial charge is 0.410 e. The second kappa shape index (κ2) is 22.9. The van der Waals surface area contributed by atoms with Gasteiger partial charge in [0.2, 0.25) is 0 Å². The fourth-order valence-corrected chi connectivity index (χ4v) is 3.70. The van der Waals surface area contributed by atoms with E-state index in [9.17, 15) is 9.59 Å². The van der Waals surface area contributed by atoms with Gasteiger partial charge in [0.05, 0.1) is 13.2 Å². The lowest BCUT2D eigenvalue weighted by molar-refractivity contribution is -0.148. The highest BCUT2D eigenvalue weighted by atomic mass is 16.6. The Bertz CT molecular complexity index is 441. The fourth-order valence-electron chi connectivity index (χ4n) is 3.70. The van der Waals surface area contributed by atoms with E-state index in [0.29, 0.717) is 13.2 Å². The largest absolute Gasteiger partial charge is 0.464 e. The first-order valence-corrected chi connectivity index (χ1v) is 13.6. The van der Waals surface area contributed by atoms with Crippen molar-refractivity contribution in [3.05, 3.63) is 0 Å². The second-order valence-corrected chi connectivity index (χ2v) is 9.23. The lowest BCUT2D eigenvalue weighted by Crippen LogP contribution is -2.41. The standard InChI is InChI=1S/C27H53NO4/c1-5-7-9-11-13-15-16-18-19-21-23-31-26(29)25(3)28(4)27(30)32-24-22-20-17-14-12-10-8-6-2/h25H,5-24H2,1-4H3. The van der Waals surface area contributed by atoms with Gasteiger partial charge < -0.3 is 9.47 Å². The minimum absolute atomic E-state index is 0.354. The van der Waals surface area contributed by atoms with Crippen molar-refractivity contribution in [2.45, 2.75) is 142 Å². The number of nitrogens with zero attached hydrogens (tertiary/aromatic N) is 1. The second-order valence-electron chi connectivity index (χ2n) is 9.23. The van der Waals surface area contributed by atoms with Gasteiger partial charge in [-0.15, -0.1) is 0 Å². The predicted molar refractivity (Wildman–Crippen MR) is 134 cm³/mol. The first-order chi connectivity index (χ1) is 15.5. The highest BCUT2D eigenvalue weighted by molar-refractivity contribution is 5.80. The molecule has 0 radical (unpaired) electrons. The van der Waals surface area contributed by atoms with Crippen molar-refractivity contribution >= 4 is 12.1 Å². The molecule has 0 N–H and O–H groups in total. The Kier molecular flexibility index (Phi) is 22.0. The first-order valence-electron chi connectivity index (χ1n) is 13.6. The Labute approximate surface area is 199 Å². The molecule has 0 fully saturated rings. The molecule has 5 heteroatoms. The number of likely N-dealkylation sites (N-methyl/N-ethyl adjacent to an activating group) is 1. The summed E-state index contributed by atoms with van der Waals surface area (Å²) in [7, 11) is 1.60. The Morgan fingerprint density at radius 2 is 0.938 bits per heavy atom. The van der Waals surface area contributed by atoms with Crippen LogP contribution in [0.1, 0.15) is 136 Å². The molecule has 32 heavy (non-hydrogen) atoms. The maximum atomic E-state index is 12.2. The summed E-state index contributed by atoms with van der Waals surface area (Å²) in [6.07, 6.45) is 21.7. The first kappa shape index (κ1) is 30.7. The number of esters is 1. The van der Waals surface area contributed by atoms with E-state index in [-0.39, 0.29) is 5.97 Å². The van der Waals surface area contributed by atoms with Crippen LogP contribution >= 0.6 is 0 Å². The fraction of sp³-hybridized carbons (Fsp3) is 0.926. The Morgan fingerprint density at radius 1 is 0.594 bits per heavy atom. The molecular weight excluding hydrogens is 402 g/mol. The van der Waals surface area contributed by atoms with Crippen molar-refractivity contribution in [2.24, 2.45) is 0 Å². The van der Waals surface area contributed by atoms with E-state index in [4.69, 9.17) is 9.47 Å². The van der Waals surface area contributed by atoms with Crippen LogP contribution in [0.5, 0.6) is 0 Å². The van der Waals surface area contributed by atoms with Crippen molar-refractivity contribution in [3.63, 3.8) is 0 Å². The molecule has 0 rings (SSSR count). The van der Waals surface area contributed by atoms with E-state index in [1.807, 2.05) is 0 Å². The SMILES string of the molecule is CCCCCCCCCCCCOC(=O)C(C)N(C)C(=O)OCCCCCCCCCC. The number of amides is 1. The van der Waals surface area contributed by atoms with Crippen LogP contribution in [-0.4, -0.2) is 43.3 Å². The number of unbranched alkanes of at least 4 members (excludes halogenated alkanes) is 16. The lowest BCUT2D eigenvalue weighted by atomic mass is 10.1. The summed E-state index contributed by atoms with van der Waals surface area (Å²) in [6.45, 7) is 7.01. The highest BCUT2D eigenvalue weighted by Gasteiger charge is 2.24. The molecule has 1 unspecified atom stereocenters. The molecule has 5 nitrogen and oxygen atoms in total. The van der Waals surface area contributed by atoms with Crippen molar-refractivity contribution in [2.75, 3.05) is 20.3 Å². The normalized spacial score (nSPS) is 11.9. The summed E-state index contributed by atoms with van der Waals surface area (Å²) in [5.41, 5.74) is 0. The van der Waals surface area contributed by atoms with Gasteiger partial charge in [-0.3, -0.25) is 4.90 Å². The summed E-state index contributed by atoms with van der Waals surface area (Å²) in [5, 5.41) is 0. The third-order valence-electron chi connectivity index (χ3n) is 6.18. The van der Waals surface area contributed by atoms with Gasteiger partial charge in [-0.25, -0.2) is 9.59 Å². The van der Waals surface area contributed by atoms with Gasteiger partial charge in [0.25, 0.3) is 0 Å². The van der Waals surface area contributed by atoms with E-state index in [0.717, 1.165) is 25.7 Å². The summed E-state index contributed by atoms with van der Waals surface area (Å²) in [6, 6.07) is -0.621. The molecular formula is C27H53NO4. The molecule has 0 saturated carbocycles. The van der Waals surface area contributed by atoms with Crippen molar-refractivity contribution in [3.8, 4) is 0 Å². The van der Waals surface area contributed by atoms with E-state index in [1.54, 1.807) is 14.0 Å². The lowest BCUT2D eigenvalue weighted by Gasteiger charge is -2.22. The average Bonchev–Trinajstić information content (AvgIpc) is 2.80. The molecule has 0 bridgehead atoms. The number of hydrogen-bond donors (Lipinski definition) is 0. The predicted octanol–water partition coefficient (Wildman–Crippen LogP) is 8.05. The Balaban J connectivity index is 3.65. The van der Waals surface area contributed by atoms with Crippen LogP contribution in [0.15, 0.2) is 0 Å². The van der Waals surface area contributed by atoms with Gasteiger partial charge in [-0.1, -0.05) is 117 Å². The van der Waals surface area contributed by atoms with E-state index in [1.165, 1.54) is 94.8 Å². The molecule has 1 amide bonds. The van der Waals surface area contributed by atoms with Gasteiger partial charge in [0.15, 0.2) is 0 Å². The molecule has 0 aromatic carbocycles. The van der Waals surface area contributed by atoms with Crippen molar-refractivity contribution in [1.82, 2.24) is 4.90 Å². The summed E-state index contributed by atoms with van der Waals surface area (Å²) in [4.78, 5) is 25.7. The van der Waals surface area contributed by atoms with E-state index >= 15 is 0 Å². The number of hydrogen-bond acceptors (Lipinski definition) is 4. The average molecular weight is 456 g/mol. The van der Waals surface area contributed by atoms with Crippen molar-refractivity contribution in [1.29, 1.82) is 0 Å². The molecule has 0 aromatic rings. The van der Waals surface area contributed by atoms with Gasteiger partial charge >= 0.3 is 12.1 Å². The highest BCUT2D eigenvalue weighted by Crippen LogP contribution is 2.11. The van der Waals surface area contributed by atoms with Crippen LogP contribution in [0.25, 0.3) is 0 Å². The van der Waals surface area contributed by atoms with Crippen LogP contribution in [0.4, 0.5) is 4.79 Å². The Hall–Kier alpha value is -1.26. The van der Waals surface area contributed by atoms with Crippen LogP contribution < -0.4 is 0 Å². The van der Waals surface area contributed by atoms with Crippen LogP contribution in [0, 0.1) is 0 Å². The van der Waals surface area contributed by atoms with Gasteiger partial charge in [-0.05, 0) is 19.8 Å². The zero-order valence-corrected chi connectivity index (χ0v) is 21.8. The van der Waals surface area contributed by atoms with E-state index in [2.05, 4.69) is 13.8 Å². The molecule has 1 atom stereocenters. The van der Waals surface area contributed by atoms with Crippen molar-refractivity contribution < 1.29 is 19.1 Å². The molecule has 0 aliphatic rings. The van der Waals surface area contributed by atoms with Gasteiger partial charge in [0, 0.05) is 7.05 Å². The number of rotatable bonds is 22. The molecule has 0 aromatic heterocycles. The Morgan fingerprint density at radius 3 is 1.34 bits per heavy atom. The quantitative estimate of drug-likeness (QED) is 0.122. The molecule has 0 saturated heterocycles. The number of carbonyl (C=O) groups is 2. The third-order valence-corrected chi connectivity index (χ3v) is 6.18. The molecule has 190 valence electrons. The third kappa shape index (κ3) is 18.3. The monoisotopic (exact) mass is 455 g/mol. The molecule has 0 spiro atoms. The van der Waals surface area contributed by atoms with Gasteiger partial charge in [-0.2, -0.15) is 0 Å². The minimum atomic E-state index is -0.621. The summed E-state index contributed by atoms with van der Waals surface area (Å²) >= 11 is 0. The topological polar surface area (TPSA) is 55.8 Å². The zero-order chi connectivity index (χ0) is 23.9. The summed E-state index contributed by atoms with van der Waals surface area (Å²) in [5.74, 6) is -0.354. The minimum Gasteiger partial charge on any atom is -0.464 e. The molecule has 0 aliphatic heterocycles.